The lowest BCUT2D eigenvalue weighted by molar-refractivity contribution is -0.124. The number of thiazole rings is 1. The second kappa shape index (κ2) is 17.2. The zero-order chi connectivity index (χ0) is 31.2. The molecule has 0 bridgehead atoms. The van der Waals surface area contributed by atoms with Crippen LogP contribution in [0.25, 0.3) is 0 Å². The van der Waals surface area contributed by atoms with Crippen LogP contribution in [-0.2, 0) is 29.0 Å². The molecule has 10 heteroatoms. The molecule has 0 aliphatic rings. The van der Waals surface area contributed by atoms with E-state index in [0.29, 0.717) is 25.3 Å². The number of amides is 4. The van der Waals surface area contributed by atoms with Gasteiger partial charge in [0.2, 0.25) is 11.8 Å². The Bertz CT molecular complexity index is 1330. The molecule has 9 nitrogen and oxygen atoms in total. The molecule has 0 aliphatic carbocycles. The first kappa shape index (κ1) is 33.5. The highest BCUT2D eigenvalue weighted by atomic mass is 32.1. The van der Waals surface area contributed by atoms with Gasteiger partial charge in [0.1, 0.15) is 6.04 Å². The number of benzene rings is 2. The molecule has 230 valence electrons. The molecule has 3 rings (SSSR count). The number of urea groups is 1. The van der Waals surface area contributed by atoms with Crippen molar-refractivity contribution in [1.82, 2.24) is 25.8 Å². The van der Waals surface area contributed by atoms with Crippen LogP contribution in [0.1, 0.15) is 54.9 Å². The van der Waals surface area contributed by atoms with Crippen LogP contribution in [0.15, 0.2) is 78.2 Å². The van der Waals surface area contributed by atoms with Crippen LogP contribution in [0.2, 0.25) is 0 Å². The third-order valence-electron chi connectivity index (χ3n) is 6.76. The van der Waals surface area contributed by atoms with Gasteiger partial charge in [0, 0.05) is 37.9 Å². The zero-order valence-electron chi connectivity index (χ0n) is 25.5. The van der Waals surface area contributed by atoms with E-state index in [0.717, 1.165) is 21.8 Å². The molecule has 2 aromatic carbocycles. The quantitative estimate of drug-likeness (QED) is 0.194. The summed E-state index contributed by atoms with van der Waals surface area (Å²) in [6.45, 7) is 6.12. The maximum Gasteiger partial charge on any atom is 0.318 e. The molecule has 3 atom stereocenters. The summed E-state index contributed by atoms with van der Waals surface area (Å²) in [5.74, 6) is -0.236. The number of rotatable bonds is 15. The standard InChI is InChI=1S/C33H44N6O3S/c1-23(2)32-37-29(22-43-32)21-39(4)33(42)38-30(17-18-35-24(3)40)31(41)36-28(20-26-13-9-6-10-14-26)16-15-27(34)19-25-11-7-5-8-12-25/h5-16,22-23,27-28,30H,17-21,34H2,1-4H3,(H,35,40)(H,36,41)(H,38,42)/b16-15+. The minimum absolute atomic E-state index is 0.204. The van der Waals surface area contributed by atoms with Crippen molar-refractivity contribution in [3.8, 4) is 0 Å². The van der Waals surface area contributed by atoms with Crippen LogP contribution in [0, 0.1) is 0 Å². The summed E-state index contributed by atoms with van der Waals surface area (Å²) in [6.07, 6.45) is 5.29. The Morgan fingerprint density at radius 1 is 0.953 bits per heavy atom. The summed E-state index contributed by atoms with van der Waals surface area (Å²) >= 11 is 1.57. The van der Waals surface area contributed by atoms with E-state index in [1.54, 1.807) is 18.4 Å². The van der Waals surface area contributed by atoms with E-state index in [1.165, 1.54) is 11.8 Å². The van der Waals surface area contributed by atoms with E-state index in [1.807, 2.05) is 78.2 Å². The van der Waals surface area contributed by atoms with Crippen molar-refractivity contribution in [3.05, 3.63) is 100 Å². The van der Waals surface area contributed by atoms with Crippen LogP contribution < -0.4 is 21.7 Å². The molecule has 1 heterocycles. The van der Waals surface area contributed by atoms with Gasteiger partial charge in [-0.05, 0) is 30.4 Å². The van der Waals surface area contributed by atoms with Gasteiger partial charge in [-0.2, -0.15) is 0 Å². The van der Waals surface area contributed by atoms with Crippen LogP contribution in [0.3, 0.4) is 0 Å². The molecule has 0 saturated carbocycles. The van der Waals surface area contributed by atoms with Crippen molar-refractivity contribution in [2.75, 3.05) is 13.6 Å². The molecule has 0 radical (unpaired) electrons. The predicted molar refractivity (Wildman–Crippen MR) is 173 cm³/mol. The van der Waals surface area contributed by atoms with Crippen molar-refractivity contribution in [1.29, 1.82) is 0 Å². The number of nitrogens with one attached hydrogen (secondary N) is 3. The summed E-state index contributed by atoms with van der Waals surface area (Å²) in [5.41, 5.74) is 9.39. The normalized spacial score (nSPS) is 13.3. The predicted octanol–water partition coefficient (Wildman–Crippen LogP) is 4.16. The monoisotopic (exact) mass is 604 g/mol. The lowest BCUT2D eigenvalue weighted by Gasteiger charge is -2.25. The second-order valence-electron chi connectivity index (χ2n) is 11.0. The SMILES string of the molecule is CC(=O)NCCC(NC(=O)N(C)Cc1csc(C(C)C)n1)C(=O)NC(/C=C/C(N)Cc1ccccc1)Cc1ccccc1. The molecule has 4 amide bonds. The van der Waals surface area contributed by atoms with Gasteiger partial charge in [0.15, 0.2) is 0 Å². The van der Waals surface area contributed by atoms with Crippen LogP contribution in [-0.4, -0.2) is 59.4 Å². The largest absolute Gasteiger partial charge is 0.356 e. The summed E-state index contributed by atoms with van der Waals surface area (Å²) in [6, 6.07) is 18.0. The van der Waals surface area contributed by atoms with Gasteiger partial charge in [-0.3, -0.25) is 9.59 Å². The first-order chi connectivity index (χ1) is 20.6. The number of nitrogens with zero attached hydrogens (tertiary/aromatic N) is 2. The van der Waals surface area contributed by atoms with Gasteiger partial charge in [-0.25, -0.2) is 9.78 Å². The van der Waals surface area contributed by atoms with Crippen molar-refractivity contribution in [2.24, 2.45) is 5.73 Å². The Morgan fingerprint density at radius 2 is 1.58 bits per heavy atom. The van der Waals surface area contributed by atoms with E-state index in [2.05, 4.69) is 34.8 Å². The molecule has 43 heavy (non-hydrogen) atoms. The Labute approximate surface area is 259 Å². The van der Waals surface area contributed by atoms with Crippen molar-refractivity contribution < 1.29 is 14.4 Å². The fourth-order valence-corrected chi connectivity index (χ4v) is 5.27. The fraction of sp³-hybridized carbons (Fsp3) is 0.394. The molecule has 3 aromatic rings. The third-order valence-corrected chi connectivity index (χ3v) is 7.96. The van der Waals surface area contributed by atoms with E-state index in [-0.39, 0.29) is 36.9 Å². The summed E-state index contributed by atoms with van der Waals surface area (Å²) in [7, 11) is 1.67. The van der Waals surface area contributed by atoms with E-state index >= 15 is 0 Å². The minimum atomic E-state index is -0.867. The molecule has 1 aromatic heterocycles. The highest BCUT2D eigenvalue weighted by Gasteiger charge is 2.25. The van der Waals surface area contributed by atoms with Crippen molar-refractivity contribution in [2.45, 2.75) is 70.6 Å². The minimum Gasteiger partial charge on any atom is -0.356 e. The Balaban J connectivity index is 1.71. The first-order valence-corrected chi connectivity index (χ1v) is 15.5. The maximum absolute atomic E-state index is 13.6. The van der Waals surface area contributed by atoms with Gasteiger partial charge in [-0.1, -0.05) is 86.7 Å². The molecular formula is C33H44N6O3S. The van der Waals surface area contributed by atoms with E-state index in [9.17, 15) is 14.4 Å². The van der Waals surface area contributed by atoms with Gasteiger partial charge < -0.3 is 26.6 Å². The summed E-state index contributed by atoms with van der Waals surface area (Å²) < 4.78 is 0. The van der Waals surface area contributed by atoms with E-state index < -0.39 is 12.1 Å². The average Bonchev–Trinajstić information content (AvgIpc) is 3.45. The summed E-state index contributed by atoms with van der Waals surface area (Å²) in [5, 5.41) is 11.6. The fourth-order valence-electron chi connectivity index (χ4n) is 4.45. The molecule has 0 fully saturated rings. The Hall–Kier alpha value is -4.02. The summed E-state index contributed by atoms with van der Waals surface area (Å²) in [4.78, 5) is 44.4. The van der Waals surface area contributed by atoms with Gasteiger partial charge in [0.05, 0.1) is 23.3 Å². The van der Waals surface area contributed by atoms with Crippen molar-refractivity contribution >= 4 is 29.2 Å². The van der Waals surface area contributed by atoms with Gasteiger partial charge in [0.25, 0.3) is 0 Å². The molecule has 0 aliphatic heterocycles. The zero-order valence-corrected chi connectivity index (χ0v) is 26.3. The molecule has 0 spiro atoms. The van der Waals surface area contributed by atoms with Gasteiger partial charge in [-0.15, -0.1) is 11.3 Å². The Morgan fingerprint density at radius 3 is 2.16 bits per heavy atom. The molecular weight excluding hydrogens is 560 g/mol. The Kier molecular flexibility index (Phi) is 13.4. The maximum atomic E-state index is 13.6. The molecule has 0 saturated heterocycles. The number of aromatic nitrogens is 1. The number of hydrogen-bond acceptors (Lipinski definition) is 6. The number of hydrogen-bond donors (Lipinski definition) is 4. The molecule has 5 N–H and O–H groups in total. The lowest BCUT2D eigenvalue weighted by atomic mass is 10.0. The average molecular weight is 605 g/mol. The molecule has 3 unspecified atom stereocenters. The number of carbonyl (C=O) groups excluding carboxylic acids is 3. The van der Waals surface area contributed by atoms with Gasteiger partial charge >= 0.3 is 6.03 Å². The number of carbonyl (C=O) groups is 3. The lowest BCUT2D eigenvalue weighted by Crippen LogP contribution is -2.53. The van der Waals surface area contributed by atoms with Crippen LogP contribution >= 0.6 is 11.3 Å². The second-order valence-corrected chi connectivity index (χ2v) is 11.9. The highest BCUT2D eigenvalue weighted by Crippen LogP contribution is 2.20. The smallest absolute Gasteiger partial charge is 0.318 e. The van der Waals surface area contributed by atoms with Crippen LogP contribution in [0.5, 0.6) is 0 Å². The van der Waals surface area contributed by atoms with E-state index in [4.69, 9.17) is 5.73 Å². The number of nitrogens with two attached hydrogens (primary N) is 1. The third kappa shape index (κ3) is 12.0. The first-order valence-electron chi connectivity index (χ1n) is 14.6. The highest BCUT2D eigenvalue weighted by molar-refractivity contribution is 7.09. The van der Waals surface area contributed by atoms with Crippen molar-refractivity contribution in [3.63, 3.8) is 0 Å². The van der Waals surface area contributed by atoms with Crippen LogP contribution in [0.4, 0.5) is 4.79 Å². The topological polar surface area (TPSA) is 129 Å².